The van der Waals surface area contributed by atoms with Crippen LogP contribution in [-0.4, -0.2) is 18.2 Å². The summed E-state index contributed by atoms with van der Waals surface area (Å²) in [5.74, 6) is 0. The fourth-order valence-corrected chi connectivity index (χ4v) is 2.27. The third kappa shape index (κ3) is 2.44. The second-order valence-corrected chi connectivity index (χ2v) is 5.78. The van der Waals surface area contributed by atoms with Gasteiger partial charge in [0, 0.05) is 6.54 Å². The highest BCUT2D eigenvalue weighted by Crippen LogP contribution is 2.39. The van der Waals surface area contributed by atoms with Crippen molar-refractivity contribution in [1.29, 1.82) is 0 Å². The molecule has 0 saturated carbocycles. The van der Waals surface area contributed by atoms with E-state index in [0.29, 0.717) is 17.3 Å². The summed E-state index contributed by atoms with van der Waals surface area (Å²) in [5, 5.41) is 0.520. The van der Waals surface area contributed by atoms with Crippen LogP contribution in [0.25, 0.3) is 0 Å². The zero-order valence-electron chi connectivity index (χ0n) is 10.7. The average molecular weight is 269 g/mol. The number of amides is 1. The van der Waals surface area contributed by atoms with Crippen LogP contribution in [0.4, 0.5) is 10.5 Å². The van der Waals surface area contributed by atoms with Gasteiger partial charge in [-0.2, -0.15) is 0 Å². The van der Waals surface area contributed by atoms with E-state index in [1.165, 1.54) is 4.90 Å². The zero-order valence-corrected chi connectivity index (χ0v) is 11.5. The first-order chi connectivity index (χ1) is 8.29. The third-order valence-electron chi connectivity index (χ3n) is 2.68. The van der Waals surface area contributed by atoms with Crippen molar-refractivity contribution in [2.75, 3.05) is 11.4 Å². The first-order valence-electron chi connectivity index (χ1n) is 5.84. The summed E-state index contributed by atoms with van der Waals surface area (Å²) in [6, 6.07) is 5.25. The normalized spacial score (nSPS) is 18.7. The summed E-state index contributed by atoms with van der Waals surface area (Å²) >= 11 is 6.14. The molecule has 0 radical (unpaired) electrons. The van der Waals surface area contributed by atoms with Crippen LogP contribution < -0.4 is 10.6 Å². The van der Waals surface area contributed by atoms with Crippen molar-refractivity contribution < 1.29 is 9.53 Å². The number of benzene rings is 1. The fraction of sp³-hybridized carbons (Fsp3) is 0.462. The van der Waals surface area contributed by atoms with Gasteiger partial charge in [0.1, 0.15) is 5.60 Å². The maximum absolute atomic E-state index is 12.1. The molecule has 1 amide bonds. The zero-order chi connectivity index (χ0) is 13.5. The molecule has 2 N–H and O–H groups in total. The summed E-state index contributed by atoms with van der Waals surface area (Å²) in [5.41, 5.74) is 7.01. The Morgan fingerprint density at radius 3 is 2.78 bits per heavy atom. The third-order valence-corrected chi connectivity index (χ3v) is 2.99. The molecule has 1 aromatic rings. The SMILES string of the molecule is CC(C)(C)OC(=O)N1CC(N)c2cccc(Cl)c21. The molecule has 18 heavy (non-hydrogen) atoms. The number of para-hydroxylation sites is 1. The monoisotopic (exact) mass is 268 g/mol. The summed E-state index contributed by atoms with van der Waals surface area (Å²) in [4.78, 5) is 13.6. The molecule has 0 fully saturated rings. The molecular weight excluding hydrogens is 252 g/mol. The summed E-state index contributed by atoms with van der Waals surface area (Å²) in [6.07, 6.45) is -0.412. The van der Waals surface area contributed by atoms with E-state index >= 15 is 0 Å². The summed E-state index contributed by atoms with van der Waals surface area (Å²) < 4.78 is 5.35. The molecular formula is C13H17ClN2O2. The number of nitrogens with two attached hydrogens (primary N) is 1. The van der Waals surface area contributed by atoms with E-state index in [4.69, 9.17) is 22.1 Å². The molecule has 0 aliphatic carbocycles. The van der Waals surface area contributed by atoms with Gasteiger partial charge in [0.05, 0.1) is 16.8 Å². The molecule has 1 aromatic carbocycles. The van der Waals surface area contributed by atoms with E-state index in [-0.39, 0.29) is 6.04 Å². The van der Waals surface area contributed by atoms with Gasteiger partial charge < -0.3 is 10.5 Å². The van der Waals surface area contributed by atoms with Crippen molar-refractivity contribution in [3.63, 3.8) is 0 Å². The smallest absolute Gasteiger partial charge is 0.414 e. The summed E-state index contributed by atoms with van der Waals surface area (Å²) in [7, 11) is 0. The molecule has 5 heteroatoms. The Bertz CT molecular complexity index is 482. The fourth-order valence-electron chi connectivity index (χ4n) is 1.99. The van der Waals surface area contributed by atoms with Crippen LogP contribution in [0.15, 0.2) is 18.2 Å². The maximum Gasteiger partial charge on any atom is 0.414 e. The number of rotatable bonds is 0. The number of ether oxygens (including phenoxy) is 1. The minimum atomic E-state index is -0.537. The second kappa shape index (κ2) is 4.44. The average Bonchev–Trinajstić information content (AvgIpc) is 2.56. The number of hydrogen-bond acceptors (Lipinski definition) is 3. The first-order valence-corrected chi connectivity index (χ1v) is 6.22. The molecule has 1 aliphatic rings. The number of carbonyl (C=O) groups excluding carboxylic acids is 1. The quantitative estimate of drug-likeness (QED) is 0.787. The Morgan fingerprint density at radius 2 is 2.17 bits per heavy atom. The van der Waals surface area contributed by atoms with E-state index in [1.807, 2.05) is 32.9 Å². The number of halogens is 1. The van der Waals surface area contributed by atoms with Gasteiger partial charge in [-0.3, -0.25) is 4.90 Å². The van der Waals surface area contributed by atoms with Gasteiger partial charge in [0.2, 0.25) is 0 Å². The molecule has 1 aliphatic heterocycles. The van der Waals surface area contributed by atoms with Crippen LogP contribution in [0.2, 0.25) is 5.02 Å². The standard InChI is InChI=1S/C13H17ClN2O2/c1-13(2,3)18-12(17)16-7-10(15)8-5-4-6-9(14)11(8)16/h4-6,10H,7,15H2,1-3H3. The Labute approximate surface area is 112 Å². The van der Waals surface area contributed by atoms with Crippen LogP contribution in [0.5, 0.6) is 0 Å². The number of nitrogens with zero attached hydrogens (tertiary/aromatic N) is 1. The van der Waals surface area contributed by atoms with E-state index in [2.05, 4.69) is 0 Å². The van der Waals surface area contributed by atoms with Gasteiger partial charge in [-0.1, -0.05) is 23.7 Å². The Balaban J connectivity index is 2.32. The van der Waals surface area contributed by atoms with E-state index in [1.54, 1.807) is 6.07 Å². The topological polar surface area (TPSA) is 55.6 Å². The van der Waals surface area contributed by atoms with Crippen molar-refractivity contribution in [3.05, 3.63) is 28.8 Å². The molecule has 98 valence electrons. The first kappa shape index (κ1) is 13.2. The molecule has 4 nitrogen and oxygen atoms in total. The van der Waals surface area contributed by atoms with Gasteiger partial charge in [-0.25, -0.2) is 4.79 Å². The van der Waals surface area contributed by atoms with Crippen molar-refractivity contribution in [2.45, 2.75) is 32.4 Å². The van der Waals surface area contributed by atoms with Crippen LogP contribution in [-0.2, 0) is 4.74 Å². The molecule has 0 aromatic heterocycles. The minimum Gasteiger partial charge on any atom is -0.443 e. The predicted molar refractivity (Wildman–Crippen MR) is 72.0 cm³/mol. The van der Waals surface area contributed by atoms with Gasteiger partial charge in [0.25, 0.3) is 0 Å². The lowest BCUT2D eigenvalue weighted by atomic mass is 10.1. The highest BCUT2D eigenvalue weighted by molar-refractivity contribution is 6.34. The Kier molecular flexibility index (Phi) is 3.25. The highest BCUT2D eigenvalue weighted by atomic mass is 35.5. The molecule has 0 saturated heterocycles. The lowest BCUT2D eigenvalue weighted by Gasteiger charge is -2.25. The second-order valence-electron chi connectivity index (χ2n) is 5.38. The lowest BCUT2D eigenvalue weighted by Crippen LogP contribution is -2.37. The lowest BCUT2D eigenvalue weighted by molar-refractivity contribution is 0.0582. The molecule has 1 heterocycles. The molecule has 1 unspecified atom stereocenters. The number of fused-ring (bicyclic) bond motifs is 1. The van der Waals surface area contributed by atoms with Gasteiger partial charge in [0.15, 0.2) is 0 Å². The largest absolute Gasteiger partial charge is 0.443 e. The van der Waals surface area contributed by atoms with Crippen LogP contribution in [0.1, 0.15) is 32.4 Å². The van der Waals surface area contributed by atoms with Crippen molar-refractivity contribution in [2.24, 2.45) is 5.73 Å². The summed E-state index contributed by atoms with van der Waals surface area (Å²) in [6.45, 7) is 5.88. The Hall–Kier alpha value is -1.26. The Morgan fingerprint density at radius 1 is 1.50 bits per heavy atom. The highest BCUT2D eigenvalue weighted by Gasteiger charge is 2.34. The van der Waals surface area contributed by atoms with Crippen LogP contribution in [0.3, 0.4) is 0 Å². The van der Waals surface area contributed by atoms with Crippen LogP contribution in [0, 0.1) is 0 Å². The number of hydrogen-bond donors (Lipinski definition) is 1. The van der Waals surface area contributed by atoms with E-state index in [9.17, 15) is 4.79 Å². The van der Waals surface area contributed by atoms with Crippen molar-refractivity contribution in [3.8, 4) is 0 Å². The minimum absolute atomic E-state index is 0.216. The van der Waals surface area contributed by atoms with Gasteiger partial charge in [-0.05, 0) is 32.4 Å². The maximum atomic E-state index is 12.1. The molecule has 1 atom stereocenters. The van der Waals surface area contributed by atoms with Crippen LogP contribution >= 0.6 is 11.6 Å². The number of anilines is 1. The molecule has 0 bridgehead atoms. The van der Waals surface area contributed by atoms with Gasteiger partial charge in [-0.15, -0.1) is 0 Å². The molecule has 2 rings (SSSR count). The van der Waals surface area contributed by atoms with Gasteiger partial charge >= 0.3 is 6.09 Å². The van der Waals surface area contributed by atoms with Crippen molar-refractivity contribution >= 4 is 23.4 Å². The van der Waals surface area contributed by atoms with E-state index < -0.39 is 11.7 Å². The molecule has 0 spiro atoms. The van der Waals surface area contributed by atoms with Crippen molar-refractivity contribution in [1.82, 2.24) is 0 Å². The van der Waals surface area contributed by atoms with E-state index in [0.717, 1.165) is 5.56 Å². The predicted octanol–water partition coefficient (Wildman–Crippen LogP) is 3.09. The number of carbonyl (C=O) groups is 1.